The molecular weight excluding hydrogens is 370 g/mol. The molecule has 1 aliphatic heterocycles. The van der Waals surface area contributed by atoms with Crippen LogP contribution in [0, 0.1) is 0 Å². The van der Waals surface area contributed by atoms with Crippen molar-refractivity contribution in [1.82, 2.24) is 15.1 Å². The Balaban J connectivity index is 1.47. The smallest absolute Gasteiger partial charge is 0.251 e. The van der Waals surface area contributed by atoms with Gasteiger partial charge in [0.05, 0.1) is 4.34 Å². The van der Waals surface area contributed by atoms with Crippen LogP contribution in [0.5, 0.6) is 0 Å². The highest BCUT2D eigenvalue weighted by molar-refractivity contribution is 7.16. The number of hydrogen-bond donors (Lipinski definition) is 1. The molecule has 5 nitrogen and oxygen atoms in total. The number of halogens is 1. The Hall–Kier alpha value is -1.89. The third-order valence-electron chi connectivity index (χ3n) is 4.45. The fraction of sp³-hybridized carbons (Fsp3) is 0.368. The van der Waals surface area contributed by atoms with Gasteiger partial charge in [-0.2, -0.15) is 0 Å². The van der Waals surface area contributed by atoms with Gasteiger partial charge in [-0.15, -0.1) is 11.3 Å². The van der Waals surface area contributed by atoms with E-state index in [2.05, 4.69) is 10.2 Å². The van der Waals surface area contributed by atoms with Crippen LogP contribution in [0.4, 0.5) is 0 Å². The first-order chi connectivity index (χ1) is 12.5. The Morgan fingerprint density at radius 3 is 2.42 bits per heavy atom. The van der Waals surface area contributed by atoms with Crippen LogP contribution >= 0.6 is 22.9 Å². The van der Waals surface area contributed by atoms with E-state index in [9.17, 15) is 9.59 Å². The number of carbonyl (C=O) groups is 2. The Morgan fingerprint density at radius 2 is 1.81 bits per heavy atom. The van der Waals surface area contributed by atoms with Gasteiger partial charge in [0.1, 0.15) is 6.04 Å². The summed E-state index contributed by atoms with van der Waals surface area (Å²) in [4.78, 5) is 30.2. The lowest BCUT2D eigenvalue weighted by molar-refractivity contribution is -0.134. The second kappa shape index (κ2) is 8.66. The van der Waals surface area contributed by atoms with E-state index in [1.807, 2.05) is 23.1 Å². The molecule has 1 aliphatic rings. The fourth-order valence-corrected chi connectivity index (χ4v) is 4.12. The summed E-state index contributed by atoms with van der Waals surface area (Å²) in [5, 5.41) is 2.79. The highest BCUT2D eigenvalue weighted by Crippen LogP contribution is 2.23. The van der Waals surface area contributed by atoms with Gasteiger partial charge in [0.25, 0.3) is 5.91 Å². The van der Waals surface area contributed by atoms with E-state index < -0.39 is 6.04 Å². The van der Waals surface area contributed by atoms with Gasteiger partial charge < -0.3 is 10.2 Å². The molecule has 0 bridgehead atoms. The molecule has 7 heteroatoms. The lowest BCUT2D eigenvalue weighted by atomic mass is 10.2. The molecule has 138 valence electrons. The van der Waals surface area contributed by atoms with Crippen LogP contribution in [0.25, 0.3) is 0 Å². The minimum Gasteiger partial charge on any atom is -0.341 e. The van der Waals surface area contributed by atoms with Gasteiger partial charge in [-0.25, -0.2) is 0 Å². The molecule has 0 saturated carbocycles. The van der Waals surface area contributed by atoms with E-state index in [0.717, 1.165) is 24.0 Å². The number of amides is 2. The summed E-state index contributed by atoms with van der Waals surface area (Å²) in [6.45, 7) is 5.58. The highest BCUT2D eigenvalue weighted by Gasteiger charge is 2.26. The second-order valence-corrected chi connectivity index (χ2v) is 8.17. The number of rotatable bonds is 5. The van der Waals surface area contributed by atoms with Gasteiger partial charge in [-0.05, 0) is 31.2 Å². The predicted octanol–water partition coefficient (Wildman–Crippen LogP) is 2.86. The predicted molar refractivity (Wildman–Crippen MR) is 105 cm³/mol. The van der Waals surface area contributed by atoms with E-state index in [1.54, 1.807) is 42.5 Å². The number of nitrogens with one attached hydrogen (secondary N) is 1. The maximum atomic E-state index is 12.6. The molecule has 1 aromatic carbocycles. The standard InChI is InChI=1S/C19H22ClN3O2S/c1-14(21-18(24)15-5-3-2-4-6-15)19(25)23-11-9-22(10-12-23)13-16-7-8-17(20)26-16/h2-8,14H,9-13H2,1H3,(H,21,24). The molecule has 2 heterocycles. The minimum absolute atomic E-state index is 0.0342. The Bertz CT molecular complexity index is 757. The largest absolute Gasteiger partial charge is 0.341 e. The molecule has 1 aromatic heterocycles. The second-order valence-electron chi connectivity index (χ2n) is 6.37. The van der Waals surface area contributed by atoms with Crippen molar-refractivity contribution in [3.63, 3.8) is 0 Å². The van der Waals surface area contributed by atoms with E-state index >= 15 is 0 Å². The number of piperazine rings is 1. The van der Waals surface area contributed by atoms with Gasteiger partial charge in [0.15, 0.2) is 0 Å². The third kappa shape index (κ3) is 4.84. The molecule has 0 radical (unpaired) electrons. The summed E-state index contributed by atoms with van der Waals surface area (Å²) < 4.78 is 0.803. The van der Waals surface area contributed by atoms with Crippen LogP contribution in [-0.4, -0.2) is 53.8 Å². The summed E-state index contributed by atoms with van der Waals surface area (Å²) in [5.41, 5.74) is 0.562. The fourth-order valence-electron chi connectivity index (χ4n) is 2.99. The lowest BCUT2D eigenvalue weighted by Gasteiger charge is -2.35. The SMILES string of the molecule is CC(NC(=O)c1ccccc1)C(=O)N1CCN(Cc2ccc(Cl)s2)CC1. The molecule has 3 rings (SSSR count). The van der Waals surface area contributed by atoms with Crippen molar-refractivity contribution in [2.45, 2.75) is 19.5 Å². The summed E-state index contributed by atoms with van der Waals surface area (Å²) >= 11 is 7.57. The van der Waals surface area contributed by atoms with E-state index in [-0.39, 0.29) is 11.8 Å². The quantitative estimate of drug-likeness (QED) is 0.852. The molecule has 0 aliphatic carbocycles. The van der Waals surface area contributed by atoms with Gasteiger partial charge in [0.2, 0.25) is 5.91 Å². The van der Waals surface area contributed by atoms with Crippen molar-refractivity contribution < 1.29 is 9.59 Å². The average molecular weight is 392 g/mol. The van der Waals surface area contributed by atoms with Crippen LogP contribution in [0.3, 0.4) is 0 Å². The zero-order chi connectivity index (χ0) is 18.5. The third-order valence-corrected chi connectivity index (χ3v) is 5.66. The molecule has 1 N–H and O–H groups in total. The van der Waals surface area contributed by atoms with Gasteiger partial charge >= 0.3 is 0 Å². The molecule has 1 fully saturated rings. The number of nitrogens with zero attached hydrogens (tertiary/aromatic N) is 2. The molecule has 0 spiro atoms. The number of thiophene rings is 1. The Morgan fingerprint density at radius 1 is 1.12 bits per heavy atom. The summed E-state index contributed by atoms with van der Waals surface area (Å²) in [6, 6.07) is 12.4. The Kier molecular flexibility index (Phi) is 6.29. The first-order valence-electron chi connectivity index (χ1n) is 8.64. The average Bonchev–Trinajstić information content (AvgIpc) is 3.07. The van der Waals surface area contributed by atoms with Crippen molar-refractivity contribution in [2.75, 3.05) is 26.2 Å². The van der Waals surface area contributed by atoms with E-state index in [0.29, 0.717) is 18.7 Å². The molecule has 26 heavy (non-hydrogen) atoms. The van der Waals surface area contributed by atoms with Gasteiger partial charge in [0, 0.05) is 43.2 Å². The topological polar surface area (TPSA) is 52.7 Å². The first kappa shape index (κ1) is 18.9. The van der Waals surface area contributed by atoms with E-state index in [1.165, 1.54) is 4.88 Å². The van der Waals surface area contributed by atoms with Crippen LogP contribution < -0.4 is 5.32 Å². The van der Waals surface area contributed by atoms with Crippen LogP contribution in [-0.2, 0) is 11.3 Å². The molecule has 1 unspecified atom stereocenters. The number of benzene rings is 1. The number of hydrogen-bond acceptors (Lipinski definition) is 4. The monoisotopic (exact) mass is 391 g/mol. The number of carbonyl (C=O) groups excluding carboxylic acids is 2. The van der Waals surface area contributed by atoms with Crippen LogP contribution in [0.2, 0.25) is 4.34 Å². The Labute approximate surface area is 162 Å². The van der Waals surface area contributed by atoms with Crippen molar-refractivity contribution >= 4 is 34.8 Å². The first-order valence-corrected chi connectivity index (χ1v) is 9.83. The van der Waals surface area contributed by atoms with Crippen molar-refractivity contribution in [2.24, 2.45) is 0 Å². The van der Waals surface area contributed by atoms with Crippen LogP contribution in [0.1, 0.15) is 22.2 Å². The lowest BCUT2D eigenvalue weighted by Crippen LogP contribution is -2.53. The van der Waals surface area contributed by atoms with Crippen molar-refractivity contribution in [3.8, 4) is 0 Å². The zero-order valence-corrected chi connectivity index (χ0v) is 16.2. The molecular formula is C19H22ClN3O2S. The maximum Gasteiger partial charge on any atom is 0.251 e. The summed E-state index contributed by atoms with van der Waals surface area (Å²) in [7, 11) is 0. The molecule has 1 saturated heterocycles. The van der Waals surface area contributed by atoms with Gasteiger partial charge in [-0.1, -0.05) is 29.8 Å². The molecule has 2 aromatic rings. The van der Waals surface area contributed by atoms with Crippen molar-refractivity contribution in [1.29, 1.82) is 0 Å². The molecule has 1 atom stereocenters. The van der Waals surface area contributed by atoms with Crippen molar-refractivity contribution in [3.05, 3.63) is 57.2 Å². The maximum absolute atomic E-state index is 12.6. The summed E-state index contributed by atoms with van der Waals surface area (Å²) in [6.07, 6.45) is 0. The molecule has 2 amide bonds. The minimum atomic E-state index is -0.537. The van der Waals surface area contributed by atoms with Crippen LogP contribution in [0.15, 0.2) is 42.5 Å². The van der Waals surface area contributed by atoms with Gasteiger partial charge in [-0.3, -0.25) is 14.5 Å². The highest BCUT2D eigenvalue weighted by atomic mass is 35.5. The zero-order valence-electron chi connectivity index (χ0n) is 14.7. The normalized spacial score (nSPS) is 16.3. The summed E-state index contributed by atoms with van der Waals surface area (Å²) in [5.74, 6) is -0.257. The van der Waals surface area contributed by atoms with E-state index in [4.69, 9.17) is 11.6 Å².